The lowest BCUT2D eigenvalue weighted by Crippen LogP contribution is -2.44. The third-order valence-electron chi connectivity index (χ3n) is 5.26. The lowest BCUT2D eigenvalue weighted by molar-refractivity contribution is -0.120. The molecular weight excluding hydrogens is 316 g/mol. The van der Waals surface area contributed by atoms with Crippen molar-refractivity contribution < 1.29 is 14.3 Å². The van der Waals surface area contributed by atoms with Gasteiger partial charge in [0.25, 0.3) is 0 Å². The summed E-state index contributed by atoms with van der Waals surface area (Å²) in [5.41, 5.74) is 1.03. The fraction of sp³-hybridized carbons (Fsp3) is 0.650. The molecule has 1 amide bonds. The highest BCUT2D eigenvalue weighted by Gasteiger charge is 2.27. The first kappa shape index (κ1) is 18.2. The topological polar surface area (TPSA) is 50.8 Å². The van der Waals surface area contributed by atoms with E-state index in [1.165, 1.54) is 19.3 Å². The van der Waals surface area contributed by atoms with E-state index >= 15 is 0 Å². The van der Waals surface area contributed by atoms with Crippen LogP contribution in [0, 0.1) is 5.92 Å². The molecule has 1 aromatic rings. The van der Waals surface area contributed by atoms with Crippen molar-refractivity contribution in [3.63, 3.8) is 0 Å². The van der Waals surface area contributed by atoms with Gasteiger partial charge in [0.15, 0.2) is 0 Å². The summed E-state index contributed by atoms with van der Waals surface area (Å²) in [4.78, 5) is 14.7. The Morgan fingerprint density at radius 3 is 2.64 bits per heavy atom. The van der Waals surface area contributed by atoms with Crippen LogP contribution in [-0.4, -0.2) is 56.3 Å². The number of nitrogens with one attached hydrogen (secondary N) is 1. The molecule has 0 spiro atoms. The highest BCUT2D eigenvalue weighted by molar-refractivity contribution is 5.78. The smallest absolute Gasteiger partial charge is 0.224 e. The average Bonchev–Trinajstić information content (AvgIpc) is 3.17. The highest BCUT2D eigenvalue weighted by Crippen LogP contribution is 2.22. The Kier molecular flexibility index (Phi) is 6.70. The third kappa shape index (κ3) is 5.44. The van der Waals surface area contributed by atoms with Gasteiger partial charge in [-0.1, -0.05) is 12.1 Å². The van der Waals surface area contributed by atoms with Crippen LogP contribution in [0.15, 0.2) is 24.3 Å². The van der Waals surface area contributed by atoms with Crippen molar-refractivity contribution in [3.05, 3.63) is 29.8 Å². The minimum atomic E-state index is 0.107. The molecule has 0 aromatic heterocycles. The van der Waals surface area contributed by atoms with Crippen molar-refractivity contribution in [2.75, 3.05) is 39.5 Å². The van der Waals surface area contributed by atoms with Crippen LogP contribution in [0.5, 0.6) is 5.75 Å². The number of likely N-dealkylation sites (tertiary alicyclic amines) is 1. The number of ether oxygens (including phenoxy) is 2. The van der Waals surface area contributed by atoms with Crippen LogP contribution in [0.1, 0.15) is 31.7 Å². The van der Waals surface area contributed by atoms with E-state index in [4.69, 9.17) is 9.47 Å². The molecule has 0 saturated carbocycles. The summed E-state index contributed by atoms with van der Waals surface area (Å²) < 4.78 is 10.9. The van der Waals surface area contributed by atoms with Crippen molar-refractivity contribution in [1.29, 1.82) is 0 Å². The van der Waals surface area contributed by atoms with E-state index < -0.39 is 0 Å². The predicted octanol–water partition coefficient (Wildman–Crippen LogP) is 2.24. The molecule has 1 N–H and O–H groups in total. The Bertz CT molecular complexity index is 532. The number of rotatable bonds is 7. The van der Waals surface area contributed by atoms with Gasteiger partial charge in [0.05, 0.1) is 19.6 Å². The molecule has 0 radical (unpaired) electrons. The molecule has 2 heterocycles. The fourth-order valence-electron chi connectivity index (χ4n) is 3.71. The molecule has 1 unspecified atom stereocenters. The zero-order valence-corrected chi connectivity index (χ0v) is 15.2. The Hall–Kier alpha value is -1.59. The van der Waals surface area contributed by atoms with Crippen LogP contribution in [0.25, 0.3) is 0 Å². The minimum Gasteiger partial charge on any atom is -0.494 e. The first-order valence-electron chi connectivity index (χ1n) is 9.55. The molecule has 2 fully saturated rings. The molecule has 25 heavy (non-hydrogen) atoms. The Morgan fingerprint density at radius 1 is 1.24 bits per heavy atom. The number of amides is 1. The van der Waals surface area contributed by atoms with Crippen LogP contribution in [0.3, 0.4) is 0 Å². The van der Waals surface area contributed by atoms with E-state index in [9.17, 15) is 4.79 Å². The number of hydrogen-bond donors (Lipinski definition) is 1. The molecular formula is C20H30N2O3. The summed E-state index contributed by atoms with van der Waals surface area (Å²) in [6.45, 7) is 7.49. The van der Waals surface area contributed by atoms with Gasteiger partial charge >= 0.3 is 0 Å². The van der Waals surface area contributed by atoms with Crippen LogP contribution >= 0.6 is 0 Å². The Labute approximate surface area is 150 Å². The predicted molar refractivity (Wildman–Crippen MR) is 97.8 cm³/mol. The molecule has 3 rings (SSSR count). The first-order chi connectivity index (χ1) is 12.2. The van der Waals surface area contributed by atoms with Gasteiger partial charge in [0.2, 0.25) is 5.91 Å². The molecule has 5 nitrogen and oxygen atoms in total. The number of piperidine rings is 1. The van der Waals surface area contributed by atoms with E-state index in [2.05, 4.69) is 10.2 Å². The van der Waals surface area contributed by atoms with Crippen molar-refractivity contribution in [2.24, 2.45) is 5.92 Å². The van der Waals surface area contributed by atoms with Gasteiger partial charge in [-0.3, -0.25) is 9.69 Å². The second-order valence-corrected chi connectivity index (χ2v) is 7.05. The van der Waals surface area contributed by atoms with E-state index in [1.807, 2.05) is 31.2 Å². The Morgan fingerprint density at radius 2 is 2.00 bits per heavy atom. The van der Waals surface area contributed by atoms with E-state index in [-0.39, 0.29) is 5.91 Å². The van der Waals surface area contributed by atoms with E-state index in [1.54, 1.807) is 0 Å². The number of benzene rings is 1. The monoisotopic (exact) mass is 346 g/mol. The van der Waals surface area contributed by atoms with Crippen LogP contribution in [0.2, 0.25) is 0 Å². The molecule has 0 bridgehead atoms. The zero-order chi connectivity index (χ0) is 17.5. The summed E-state index contributed by atoms with van der Waals surface area (Å²) in [6.07, 6.45) is 3.94. The van der Waals surface area contributed by atoms with Gasteiger partial charge < -0.3 is 14.8 Å². The number of nitrogens with zero attached hydrogens (tertiary/aromatic N) is 1. The van der Waals surface area contributed by atoms with Crippen LogP contribution in [-0.2, 0) is 16.0 Å². The summed E-state index contributed by atoms with van der Waals surface area (Å²) in [7, 11) is 0. The molecule has 1 aromatic carbocycles. The number of carbonyl (C=O) groups excluding carboxylic acids is 1. The van der Waals surface area contributed by atoms with Gasteiger partial charge in [-0.05, 0) is 62.9 Å². The molecule has 2 aliphatic heterocycles. The van der Waals surface area contributed by atoms with Gasteiger partial charge in [0, 0.05) is 19.2 Å². The zero-order valence-electron chi connectivity index (χ0n) is 15.2. The summed E-state index contributed by atoms with van der Waals surface area (Å²) in [6, 6.07) is 8.40. The van der Waals surface area contributed by atoms with Crippen LogP contribution in [0.4, 0.5) is 0 Å². The molecule has 5 heteroatoms. The van der Waals surface area contributed by atoms with Gasteiger partial charge in [-0.2, -0.15) is 0 Å². The maximum Gasteiger partial charge on any atom is 0.224 e. The number of carbonyl (C=O) groups is 1. The summed E-state index contributed by atoms with van der Waals surface area (Å²) >= 11 is 0. The van der Waals surface area contributed by atoms with Crippen molar-refractivity contribution in [3.8, 4) is 5.75 Å². The largest absolute Gasteiger partial charge is 0.494 e. The fourth-order valence-corrected chi connectivity index (χ4v) is 3.71. The average molecular weight is 346 g/mol. The second-order valence-electron chi connectivity index (χ2n) is 7.05. The molecule has 2 saturated heterocycles. The normalized spacial score (nSPS) is 22.0. The second kappa shape index (κ2) is 9.20. The molecule has 1 atom stereocenters. The lowest BCUT2D eigenvalue weighted by atomic mass is 9.95. The molecule has 0 aliphatic carbocycles. The van der Waals surface area contributed by atoms with Gasteiger partial charge in [-0.15, -0.1) is 0 Å². The molecule has 138 valence electrons. The van der Waals surface area contributed by atoms with Crippen LogP contribution < -0.4 is 10.1 Å². The number of hydrogen-bond acceptors (Lipinski definition) is 4. The highest BCUT2D eigenvalue weighted by atomic mass is 16.5. The van der Waals surface area contributed by atoms with E-state index in [0.717, 1.165) is 44.2 Å². The van der Waals surface area contributed by atoms with Crippen molar-refractivity contribution in [2.45, 2.75) is 38.6 Å². The maximum absolute atomic E-state index is 12.2. The first-order valence-corrected chi connectivity index (χ1v) is 9.55. The van der Waals surface area contributed by atoms with Gasteiger partial charge in [-0.25, -0.2) is 0 Å². The Balaban J connectivity index is 1.35. The third-order valence-corrected chi connectivity index (χ3v) is 5.26. The minimum absolute atomic E-state index is 0.107. The quantitative estimate of drug-likeness (QED) is 0.823. The molecule has 2 aliphatic rings. The standard InChI is InChI=1S/C20H30N2O3/c1-2-25-19-5-3-16(4-6-19)13-20(23)21-14-17-7-10-22(11-8-17)18-9-12-24-15-18/h3-6,17-18H,2,7-15H2,1H3,(H,21,23). The van der Waals surface area contributed by atoms with Crippen molar-refractivity contribution >= 4 is 5.91 Å². The van der Waals surface area contributed by atoms with Crippen molar-refractivity contribution in [1.82, 2.24) is 10.2 Å². The maximum atomic E-state index is 12.2. The van der Waals surface area contributed by atoms with E-state index in [0.29, 0.717) is 25.0 Å². The van der Waals surface area contributed by atoms with Gasteiger partial charge in [0.1, 0.15) is 5.75 Å². The SMILES string of the molecule is CCOc1ccc(CC(=O)NCC2CCN(C3CCOC3)CC2)cc1. The summed E-state index contributed by atoms with van der Waals surface area (Å²) in [5.74, 6) is 1.56. The summed E-state index contributed by atoms with van der Waals surface area (Å²) in [5, 5.41) is 3.11. The lowest BCUT2D eigenvalue weighted by Gasteiger charge is -2.35.